The second-order valence-electron chi connectivity index (χ2n) is 10.5. The summed E-state index contributed by atoms with van der Waals surface area (Å²) in [6.45, 7) is 10.8. The zero-order valence-electron chi connectivity index (χ0n) is 20.3. The van der Waals surface area contributed by atoms with Gasteiger partial charge < -0.3 is 15.3 Å². The molecule has 1 aromatic carbocycles. The molecule has 0 aliphatic heterocycles. The van der Waals surface area contributed by atoms with Crippen LogP contribution in [0.15, 0.2) is 35.9 Å². The number of benzene rings is 1. The largest absolute Gasteiger partial charge is 0.508 e. The van der Waals surface area contributed by atoms with Gasteiger partial charge in [-0.2, -0.15) is 0 Å². The molecule has 1 aliphatic carbocycles. The van der Waals surface area contributed by atoms with E-state index in [1.165, 1.54) is 24.3 Å². The van der Waals surface area contributed by atoms with Crippen LogP contribution in [0.5, 0.6) is 11.5 Å². The van der Waals surface area contributed by atoms with Crippen molar-refractivity contribution in [1.82, 2.24) is 0 Å². The van der Waals surface area contributed by atoms with Crippen molar-refractivity contribution in [2.75, 3.05) is 0 Å². The third kappa shape index (κ3) is 6.10. The van der Waals surface area contributed by atoms with Crippen LogP contribution in [-0.4, -0.2) is 32.5 Å². The van der Waals surface area contributed by atoms with Gasteiger partial charge in [0.25, 0.3) is 0 Å². The molecule has 0 amide bonds. The molecule has 0 radical (unpaired) electrons. The predicted octanol–water partition coefficient (Wildman–Crippen LogP) is 5.34. The first-order valence-corrected chi connectivity index (χ1v) is 11.3. The topological polar surface area (TPSA) is 94.8 Å². The number of ketones is 2. The number of phenolic OH excluding ortho intramolecular Hbond substituents is 2. The average molecular weight is 443 g/mol. The summed E-state index contributed by atoms with van der Waals surface area (Å²) >= 11 is 0. The van der Waals surface area contributed by atoms with Crippen LogP contribution in [0.3, 0.4) is 0 Å². The molecule has 2 unspecified atom stereocenters. The minimum absolute atomic E-state index is 0.0329. The molecular weight excluding hydrogens is 404 g/mol. The van der Waals surface area contributed by atoms with Gasteiger partial charge in [-0.25, -0.2) is 0 Å². The number of rotatable bonds is 9. The van der Waals surface area contributed by atoms with Crippen LogP contribution in [0.1, 0.15) is 77.8 Å². The summed E-state index contributed by atoms with van der Waals surface area (Å²) in [5, 5.41) is 29.9. The fraction of sp³-hybridized carbons (Fsp3) is 0.556. The third-order valence-electron chi connectivity index (χ3n) is 7.02. The van der Waals surface area contributed by atoms with Gasteiger partial charge in [0.05, 0.1) is 5.60 Å². The summed E-state index contributed by atoms with van der Waals surface area (Å²) < 4.78 is 0. The van der Waals surface area contributed by atoms with Gasteiger partial charge in [0.1, 0.15) is 17.3 Å². The Morgan fingerprint density at radius 3 is 2.44 bits per heavy atom. The van der Waals surface area contributed by atoms with Gasteiger partial charge in [0.2, 0.25) is 0 Å². The molecule has 0 spiro atoms. The Labute approximate surface area is 191 Å². The van der Waals surface area contributed by atoms with Gasteiger partial charge in [-0.05, 0) is 76.1 Å². The maximum Gasteiger partial charge on any atom is 0.161 e. The normalized spacial score (nSPS) is 24.3. The van der Waals surface area contributed by atoms with Crippen molar-refractivity contribution in [3.05, 3.63) is 47.1 Å². The van der Waals surface area contributed by atoms with Crippen molar-refractivity contribution < 1.29 is 24.9 Å². The Morgan fingerprint density at radius 2 is 1.81 bits per heavy atom. The minimum Gasteiger partial charge on any atom is -0.508 e. The number of Topliss-reactive ketones (excluding diaryl/α,β-unsaturated/α-hetero) is 1. The molecule has 1 aliphatic rings. The van der Waals surface area contributed by atoms with E-state index in [4.69, 9.17) is 0 Å². The van der Waals surface area contributed by atoms with E-state index in [1.807, 2.05) is 26.8 Å². The molecule has 1 saturated carbocycles. The van der Waals surface area contributed by atoms with E-state index in [2.05, 4.69) is 0 Å². The summed E-state index contributed by atoms with van der Waals surface area (Å²) in [5.41, 5.74) is 0.0137. The van der Waals surface area contributed by atoms with Crippen LogP contribution in [0.2, 0.25) is 0 Å². The van der Waals surface area contributed by atoms with Gasteiger partial charge in [-0.3, -0.25) is 9.59 Å². The van der Waals surface area contributed by atoms with E-state index in [-0.39, 0.29) is 29.5 Å². The summed E-state index contributed by atoms with van der Waals surface area (Å²) in [7, 11) is 0. The van der Waals surface area contributed by atoms with E-state index < -0.39 is 16.4 Å². The molecule has 0 saturated heterocycles. The first-order chi connectivity index (χ1) is 14.7. The van der Waals surface area contributed by atoms with E-state index in [0.29, 0.717) is 24.0 Å². The highest BCUT2D eigenvalue weighted by Crippen LogP contribution is 2.55. The van der Waals surface area contributed by atoms with E-state index in [9.17, 15) is 24.9 Å². The van der Waals surface area contributed by atoms with Gasteiger partial charge in [-0.1, -0.05) is 38.0 Å². The van der Waals surface area contributed by atoms with Crippen molar-refractivity contribution in [3.8, 4) is 11.5 Å². The number of hydrogen-bond donors (Lipinski definition) is 3. The zero-order chi connectivity index (χ0) is 24.3. The van der Waals surface area contributed by atoms with Crippen LogP contribution < -0.4 is 0 Å². The quantitative estimate of drug-likeness (QED) is 0.273. The molecule has 5 heteroatoms. The highest BCUT2D eigenvalue weighted by molar-refractivity contribution is 5.96. The maximum absolute atomic E-state index is 13.0. The number of carbonyl (C=O) groups excluding carboxylic acids is 2. The standard InChI is InChI=1S/C27H38O5/c1-18(8-9-20-16-21(28)15-19(2)24(20)31)14-22(29)17-26(5)11-7-12-27(26,6)23(30)10-13-25(3,4)32/h8,10,13,15-16,28,31-32H,7,9,11-12,14,17H2,1-6H3. The van der Waals surface area contributed by atoms with Crippen LogP contribution in [0.25, 0.3) is 0 Å². The summed E-state index contributed by atoms with van der Waals surface area (Å²) in [5.74, 6) is 0.318. The molecule has 2 rings (SSSR count). The molecule has 0 bridgehead atoms. The second kappa shape index (κ2) is 9.62. The number of phenols is 2. The first-order valence-electron chi connectivity index (χ1n) is 11.3. The van der Waals surface area contributed by atoms with Crippen LogP contribution >= 0.6 is 0 Å². The number of hydrogen-bond acceptors (Lipinski definition) is 5. The molecule has 0 aromatic heterocycles. The Bertz CT molecular complexity index is 934. The van der Waals surface area contributed by atoms with Crippen LogP contribution in [-0.2, 0) is 16.0 Å². The van der Waals surface area contributed by atoms with E-state index in [0.717, 1.165) is 24.8 Å². The van der Waals surface area contributed by atoms with Crippen molar-refractivity contribution >= 4 is 11.6 Å². The smallest absolute Gasteiger partial charge is 0.161 e. The van der Waals surface area contributed by atoms with Gasteiger partial charge in [0.15, 0.2) is 5.78 Å². The van der Waals surface area contributed by atoms with Crippen LogP contribution in [0, 0.1) is 17.8 Å². The number of aromatic hydroxyl groups is 2. The Morgan fingerprint density at radius 1 is 1.16 bits per heavy atom. The molecule has 32 heavy (non-hydrogen) atoms. The fourth-order valence-corrected chi connectivity index (χ4v) is 4.73. The minimum atomic E-state index is -1.05. The average Bonchev–Trinajstić information content (AvgIpc) is 2.95. The molecule has 1 aromatic rings. The Hall–Kier alpha value is -2.40. The lowest BCUT2D eigenvalue weighted by molar-refractivity contribution is -0.131. The van der Waals surface area contributed by atoms with Crippen LogP contribution in [0.4, 0.5) is 0 Å². The monoisotopic (exact) mass is 442 g/mol. The predicted molar refractivity (Wildman–Crippen MR) is 127 cm³/mol. The Balaban J connectivity index is 2.08. The van der Waals surface area contributed by atoms with E-state index >= 15 is 0 Å². The molecule has 5 nitrogen and oxygen atoms in total. The Kier molecular flexibility index (Phi) is 7.77. The lowest BCUT2D eigenvalue weighted by Gasteiger charge is -2.39. The number of allylic oxidation sites excluding steroid dienone is 3. The van der Waals surface area contributed by atoms with Gasteiger partial charge in [0, 0.05) is 23.8 Å². The van der Waals surface area contributed by atoms with E-state index in [1.54, 1.807) is 20.8 Å². The molecular formula is C27H38O5. The fourth-order valence-electron chi connectivity index (χ4n) is 4.73. The maximum atomic E-state index is 13.0. The molecule has 2 atom stereocenters. The van der Waals surface area contributed by atoms with Crippen molar-refractivity contribution in [2.45, 2.75) is 85.7 Å². The molecule has 0 heterocycles. The van der Waals surface area contributed by atoms with Crippen molar-refractivity contribution in [3.63, 3.8) is 0 Å². The summed E-state index contributed by atoms with van der Waals surface area (Å²) in [4.78, 5) is 25.9. The lowest BCUT2D eigenvalue weighted by atomic mass is 9.63. The third-order valence-corrected chi connectivity index (χ3v) is 7.02. The molecule has 3 N–H and O–H groups in total. The number of carbonyl (C=O) groups is 2. The summed E-state index contributed by atoms with van der Waals surface area (Å²) in [6, 6.07) is 3.04. The second-order valence-corrected chi connectivity index (χ2v) is 10.5. The zero-order valence-corrected chi connectivity index (χ0v) is 20.3. The van der Waals surface area contributed by atoms with Crippen molar-refractivity contribution in [1.29, 1.82) is 0 Å². The highest BCUT2D eigenvalue weighted by Gasteiger charge is 2.52. The molecule has 176 valence electrons. The number of aryl methyl sites for hydroxylation is 1. The summed E-state index contributed by atoms with van der Waals surface area (Å²) in [6.07, 6.45) is 8.38. The lowest BCUT2D eigenvalue weighted by Crippen LogP contribution is -2.40. The molecule has 1 fully saturated rings. The highest BCUT2D eigenvalue weighted by atomic mass is 16.3. The first kappa shape index (κ1) is 25.9. The van der Waals surface area contributed by atoms with Crippen molar-refractivity contribution in [2.24, 2.45) is 10.8 Å². The number of aliphatic hydroxyl groups is 1. The SMILES string of the molecule is CC(=CCc1cc(O)cc(C)c1O)CC(=O)CC1(C)CCCC1(C)C(=O)C=CC(C)(C)O. The van der Waals surface area contributed by atoms with Gasteiger partial charge in [-0.15, -0.1) is 0 Å². The van der Waals surface area contributed by atoms with Gasteiger partial charge >= 0.3 is 0 Å².